The average molecular weight is 273 g/mol. The van der Waals surface area contributed by atoms with Crippen molar-refractivity contribution in [3.05, 3.63) is 36.0 Å². The number of nitrogens with two attached hydrogens (primary N) is 1. The number of hydrogen-bond acceptors (Lipinski definition) is 4. The molecule has 6 heteroatoms. The van der Waals surface area contributed by atoms with E-state index in [4.69, 9.17) is 10.8 Å². The SMILES string of the molecule is CC(C(=O)O)N(C)C(=O)c1cc(N)c2ccccc2n1. The molecule has 0 aliphatic heterocycles. The first-order chi connectivity index (χ1) is 9.41. The zero-order valence-corrected chi connectivity index (χ0v) is 11.2. The van der Waals surface area contributed by atoms with Crippen molar-refractivity contribution in [2.24, 2.45) is 0 Å². The van der Waals surface area contributed by atoms with Crippen LogP contribution in [-0.2, 0) is 4.79 Å². The summed E-state index contributed by atoms with van der Waals surface area (Å²) in [6.45, 7) is 1.44. The lowest BCUT2D eigenvalue weighted by Crippen LogP contribution is -2.40. The number of nitrogen functional groups attached to an aromatic ring is 1. The second-order valence-electron chi connectivity index (χ2n) is 4.54. The molecule has 0 aliphatic rings. The fourth-order valence-corrected chi connectivity index (χ4v) is 1.83. The van der Waals surface area contributed by atoms with Gasteiger partial charge in [-0.3, -0.25) is 4.79 Å². The van der Waals surface area contributed by atoms with E-state index in [1.54, 1.807) is 12.1 Å². The maximum atomic E-state index is 12.2. The van der Waals surface area contributed by atoms with E-state index in [9.17, 15) is 9.59 Å². The Labute approximate surface area is 115 Å². The molecule has 104 valence electrons. The molecule has 3 N–H and O–H groups in total. The van der Waals surface area contributed by atoms with Gasteiger partial charge in [0.1, 0.15) is 11.7 Å². The van der Waals surface area contributed by atoms with Crippen LogP contribution in [0.2, 0.25) is 0 Å². The molecule has 1 aromatic carbocycles. The van der Waals surface area contributed by atoms with Gasteiger partial charge in [-0.2, -0.15) is 0 Å². The van der Waals surface area contributed by atoms with E-state index in [0.717, 1.165) is 10.3 Å². The molecular formula is C14H15N3O3. The smallest absolute Gasteiger partial charge is 0.326 e. The van der Waals surface area contributed by atoms with Gasteiger partial charge in [-0.15, -0.1) is 0 Å². The number of benzene rings is 1. The molecule has 1 aromatic heterocycles. The molecule has 0 fully saturated rings. The van der Waals surface area contributed by atoms with E-state index < -0.39 is 17.9 Å². The molecule has 20 heavy (non-hydrogen) atoms. The van der Waals surface area contributed by atoms with E-state index in [2.05, 4.69) is 4.98 Å². The molecule has 0 saturated carbocycles. The van der Waals surface area contributed by atoms with Gasteiger partial charge in [-0.25, -0.2) is 9.78 Å². The number of fused-ring (bicyclic) bond motifs is 1. The van der Waals surface area contributed by atoms with E-state index in [1.165, 1.54) is 20.0 Å². The molecule has 0 bridgehead atoms. The number of carboxylic acids is 1. The van der Waals surface area contributed by atoms with Gasteiger partial charge in [0.2, 0.25) is 0 Å². The first kappa shape index (κ1) is 13.8. The topological polar surface area (TPSA) is 96.5 Å². The van der Waals surface area contributed by atoms with E-state index in [1.807, 2.05) is 12.1 Å². The molecule has 1 atom stereocenters. The lowest BCUT2D eigenvalue weighted by Gasteiger charge is -2.21. The molecule has 1 amide bonds. The number of pyridine rings is 1. The standard InChI is InChI=1S/C14H15N3O3/c1-8(14(19)20)17(2)13(18)12-7-10(15)9-5-3-4-6-11(9)16-12/h3-8H,1-2H3,(H2,15,16)(H,19,20). The molecule has 1 heterocycles. The Balaban J connectivity index is 2.43. The number of carbonyl (C=O) groups is 2. The highest BCUT2D eigenvalue weighted by molar-refractivity contribution is 6.00. The lowest BCUT2D eigenvalue weighted by atomic mass is 10.1. The Kier molecular flexibility index (Phi) is 3.56. The number of carboxylic acid groups (broad SMARTS) is 1. The third-order valence-corrected chi connectivity index (χ3v) is 3.23. The molecule has 0 aliphatic carbocycles. The van der Waals surface area contributed by atoms with Crippen molar-refractivity contribution in [3.8, 4) is 0 Å². The Morgan fingerprint density at radius 3 is 2.65 bits per heavy atom. The van der Waals surface area contributed by atoms with Gasteiger partial charge in [0.15, 0.2) is 0 Å². The number of carbonyl (C=O) groups excluding carboxylic acids is 1. The number of nitrogens with zero attached hydrogens (tertiary/aromatic N) is 2. The highest BCUT2D eigenvalue weighted by Crippen LogP contribution is 2.20. The Hall–Kier alpha value is -2.63. The summed E-state index contributed by atoms with van der Waals surface area (Å²) >= 11 is 0. The van der Waals surface area contributed by atoms with Crippen LogP contribution in [0.3, 0.4) is 0 Å². The second-order valence-corrected chi connectivity index (χ2v) is 4.54. The lowest BCUT2D eigenvalue weighted by molar-refractivity contribution is -0.141. The number of amides is 1. The van der Waals surface area contributed by atoms with Crippen LogP contribution in [0, 0.1) is 0 Å². The largest absolute Gasteiger partial charge is 0.480 e. The Morgan fingerprint density at radius 1 is 1.35 bits per heavy atom. The van der Waals surface area contributed by atoms with Crippen molar-refractivity contribution < 1.29 is 14.7 Å². The van der Waals surface area contributed by atoms with Crippen molar-refractivity contribution in [1.82, 2.24) is 9.88 Å². The number of aromatic nitrogens is 1. The molecule has 2 rings (SSSR count). The zero-order valence-electron chi connectivity index (χ0n) is 11.2. The molecule has 6 nitrogen and oxygen atoms in total. The van der Waals surface area contributed by atoms with Crippen LogP contribution in [0.15, 0.2) is 30.3 Å². The van der Waals surface area contributed by atoms with Crippen molar-refractivity contribution in [2.45, 2.75) is 13.0 Å². The van der Waals surface area contributed by atoms with Gasteiger partial charge < -0.3 is 15.7 Å². The summed E-state index contributed by atoms with van der Waals surface area (Å²) in [7, 11) is 1.42. The highest BCUT2D eigenvalue weighted by atomic mass is 16.4. The molecule has 2 aromatic rings. The third-order valence-electron chi connectivity index (χ3n) is 3.23. The van der Waals surface area contributed by atoms with Gasteiger partial charge >= 0.3 is 5.97 Å². The summed E-state index contributed by atoms with van der Waals surface area (Å²) in [4.78, 5) is 28.5. The number of hydrogen-bond donors (Lipinski definition) is 2. The van der Waals surface area contributed by atoms with Crippen molar-refractivity contribution in [1.29, 1.82) is 0 Å². The summed E-state index contributed by atoms with van der Waals surface area (Å²) in [6, 6.07) is 7.73. The zero-order chi connectivity index (χ0) is 14.9. The maximum absolute atomic E-state index is 12.2. The van der Waals surface area contributed by atoms with Crippen molar-refractivity contribution in [2.75, 3.05) is 12.8 Å². The van der Waals surface area contributed by atoms with Crippen LogP contribution < -0.4 is 5.73 Å². The van der Waals surface area contributed by atoms with Gasteiger partial charge in [0.25, 0.3) is 5.91 Å². The number of rotatable bonds is 3. The number of aliphatic carboxylic acids is 1. The van der Waals surface area contributed by atoms with Crippen LogP contribution >= 0.6 is 0 Å². The van der Waals surface area contributed by atoms with Gasteiger partial charge in [-0.05, 0) is 19.1 Å². The van der Waals surface area contributed by atoms with Gasteiger partial charge in [0, 0.05) is 18.1 Å². The first-order valence-corrected chi connectivity index (χ1v) is 6.07. The normalized spacial score (nSPS) is 12.1. The second kappa shape index (κ2) is 5.16. The number of anilines is 1. The number of likely N-dealkylation sites (N-methyl/N-ethyl adjacent to an activating group) is 1. The van der Waals surface area contributed by atoms with E-state index in [-0.39, 0.29) is 5.69 Å². The third kappa shape index (κ3) is 2.40. The van der Waals surface area contributed by atoms with Crippen LogP contribution in [-0.4, -0.2) is 40.0 Å². The number of para-hydroxylation sites is 1. The fraction of sp³-hybridized carbons (Fsp3) is 0.214. The Morgan fingerprint density at radius 2 is 2.00 bits per heavy atom. The Bertz CT molecular complexity index is 684. The molecule has 0 saturated heterocycles. The highest BCUT2D eigenvalue weighted by Gasteiger charge is 2.24. The quantitative estimate of drug-likeness (QED) is 0.880. The maximum Gasteiger partial charge on any atom is 0.326 e. The molecule has 0 radical (unpaired) electrons. The molecule has 0 spiro atoms. The van der Waals surface area contributed by atoms with Crippen LogP contribution in [0.5, 0.6) is 0 Å². The molecule has 1 unspecified atom stereocenters. The van der Waals surface area contributed by atoms with Crippen LogP contribution in [0.1, 0.15) is 17.4 Å². The minimum atomic E-state index is -1.07. The minimum Gasteiger partial charge on any atom is -0.480 e. The predicted octanol–water partition coefficient (Wildman–Crippen LogP) is 1.36. The minimum absolute atomic E-state index is 0.136. The summed E-state index contributed by atoms with van der Waals surface area (Å²) in [5.74, 6) is -1.55. The summed E-state index contributed by atoms with van der Waals surface area (Å²) in [5.41, 5.74) is 7.08. The van der Waals surface area contributed by atoms with E-state index in [0.29, 0.717) is 11.2 Å². The van der Waals surface area contributed by atoms with E-state index >= 15 is 0 Å². The van der Waals surface area contributed by atoms with Gasteiger partial charge in [0.05, 0.1) is 5.52 Å². The van der Waals surface area contributed by atoms with Crippen molar-refractivity contribution in [3.63, 3.8) is 0 Å². The fourth-order valence-electron chi connectivity index (χ4n) is 1.83. The van der Waals surface area contributed by atoms with Crippen LogP contribution in [0.25, 0.3) is 10.9 Å². The monoisotopic (exact) mass is 273 g/mol. The summed E-state index contributed by atoms with van der Waals surface area (Å²) in [6.07, 6.45) is 0. The summed E-state index contributed by atoms with van der Waals surface area (Å²) in [5, 5.41) is 9.70. The molecular weight excluding hydrogens is 258 g/mol. The average Bonchev–Trinajstić information content (AvgIpc) is 2.44. The van der Waals surface area contributed by atoms with Crippen LogP contribution in [0.4, 0.5) is 5.69 Å². The van der Waals surface area contributed by atoms with Crippen molar-refractivity contribution >= 4 is 28.5 Å². The predicted molar refractivity (Wildman–Crippen MR) is 75.3 cm³/mol. The summed E-state index contributed by atoms with van der Waals surface area (Å²) < 4.78 is 0. The first-order valence-electron chi connectivity index (χ1n) is 6.07. The van der Waals surface area contributed by atoms with Gasteiger partial charge in [-0.1, -0.05) is 18.2 Å².